The molecule has 4 N–H and O–H groups in total. The molecule has 1 aliphatic carbocycles. The lowest BCUT2D eigenvalue weighted by Crippen LogP contribution is -2.42. The van der Waals surface area contributed by atoms with E-state index in [9.17, 15) is 9.59 Å². The van der Waals surface area contributed by atoms with E-state index in [1.54, 1.807) is 19.0 Å². The van der Waals surface area contributed by atoms with E-state index in [0.717, 1.165) is 43.6 Å². The molecule has 4 rings (SSSR count). The minimum Gasteiger partial charge on any atom is -0.367 e. The summed E-state index contributed by atoms with van der Waals surface area (Å²) in [7, 11) is 3.59. The van der Waals surface area contributed by atoms with Gasteiger partial charge in [0.25, 0.3) is 5.91 Å². The van der Waals surface area contributed by atoms with Crippen LogP contribution in [0.4, 0.5) is 23.1 Å². The second kappa shape index (κ2) is 8.17. The monoisotopic (exact) mass is 409 g/mol. The summed E-state index contributed by atoms with van der Waals surface area (Å²) >= 11 is 0. The van der Waals surface area contributed by atoms with Crippen LogP contribution in [0.5, 0.6) is 0 Å². The van der Waals surface area contributed by atoms with Gasteiger partial charge >= 0.3 is 0 Å². The van der Waals surface area contributed by atoms with Gasteiger partial charge in [0.05, 0.1) is 5.56 Å². The maximum Gasteiger partial charge on any atom is 0.254 e. The molecule has 0 bridgehead atoms. The average molecular weight is 409 g/mol. The van der Waals surface area contributed by atoms with E-state index in [-0.39, 0.29) is 17.5 Å². The number of rotatable bonds is 7. The van der Waals surface area contributed by atoms with Gasteiger partial charge in [-0.3, -0.25) is 9.59 Å². The van der Waals surface area contributed by atoms with E-state index < -0.39 is 5.91 Å². The van der Waals surface area contributed by atoms with Gasteiger partial charge in [-0.2, -0.15) is 4.98 Å². The molecule has 2 fully saturated rings. The molecule has 2 aromatic rings. The Kier molecular flexibility index (Phi) is 5.43. The van der Waals surface area contributed by atoms with Crippen LogP contribution < -0.4 is 21.3 Å². The van der Waals surface area contributed by atoms with Crippen molar-refractivity contribution in [1.29, 1.82) is 0 Å². The lowest BCUT2D eigenvalue weighted by Gasteiger charge is -2.28. The number of primary amides is 1. The highest BCUT2D eigenvalue weighted by Crippen LogP contribution is 2.29. The first-order valence-electron chi connectivity index (χ1n) is 10.2. The van der Waals surface area contributed by atoms with Crippen molar-refractivity contribution in [3.8, 4) is 0 Å². The molecule has 2 heterocycles. The fourth-order valence-corrected chi connectivity index (χ4v) is 3.65. The molecular formula is C21H27N7O2. The maximum atomic E-state index is 12.4. The molecule has 2 amide bonds. The van der Waals surface area contributed by atoms with Gasteiger partial charge in [-0.05, 0) is 49.9 Å². The average Bonchev–Trinajstić information content (AvgIpc) is 3.40. The summed E-state index contributed by atoms with van der Waals surface area (Å²) in [5, 5.41) is 6.39. The van der Waals surface area contributed by atoms with Gasteiger partial charge in [0.1, 0.15) is 11.9 Å². The second-order valence-electron chi connectivity index (χ2n) is 7.99. The van der Waals surface area contributed by atoms with Crippen LogP contribution in [0.3, 0.4) is 0 Å². The zero-order chi connectivity index (χ0) is 21.3. The highest BCUT2D eigenvalue weighted by molar-refractivity contribution is 5.97. The Morgan fingerprint density at radius 2 is 1.90 bits per heavy atom. The Balaban J connectivity index is 1.48. The Morgan fingerprint density at radius 3 is 2.53 bits per heavy atom. The molecule has 1 saturated carbocycles. The van der Waals surface area contributed by atoms with Crippen LogP contribution in [-0.2, 0) is 4.79 Å². The molecule has 0 unspecified atom stereocenters. The number of nitrogens with two attached hydrogens (primary N) is 1. The second-order valence-corrected chi connectivity index (χ2v) is 7.99. The molecule has 1 aliphatic heterocycles. The third kappa shape index (κ3) is 4.29. The van der Waals surface area contributed by atoms with E-state index in [4.69, 9.17) is 5.73 Å². The number of hydrogen-bond donors (Lipinski definition) is 3. The lowest BCUT2D eigenvalue weighted by atomic mass is 10.2. The van der Waals surface area contributed by atoms with Crippen LogP contribution in [0.25, 0.3) is 0 Å². The first kappa shape index (κ1) is 19.9. The highest BCUT2D eigenvalue weighted by atomic mass is 16.2. The van der Waals surface area contributed by atoms with Gasteiger partial charge in [-0.15, -0.1) is 0 Å². The van der Waals surface area contributed by atoms with Crippen molar-refractivity contribution in [3.63, 3.8) is 0 Å². The summed E-state index contributed by atoms with van der Waals surface area (Å²) in [6.45, 7) is 0.866. The fraction of sp³-hybridized carbons (Fsp3) is 0.429. The van der Waals surface area contributed by atoms with Crippen LogP contribution >= 0.6 is 0 Å². The van der Waals surface area contributed by atoms with Crippen molar-refractivity contribution in [2.45, 2.75) is 37.8 Å². The number of benzene rings is 1. The molecule has 30 heavy (non-hydrogen) atoms. The Labute approximate surface area is 175 Å². The zero-order valence-corrected chi connectivity index (χ0v) is 17.3. The Hall–Kier alpha value is -3.36. The van der Waals surface area contributed by atoms with Gasteiger partial charge in [-0.1, -0.05) is 0 Å². The number of aromatic nitrogens is 2. The number of carbonyl (C=O) groups excluding carboxylic acids is 2. The standard InChI is InChI=1S/C21H27N7O2/c1-27(2)20(30)17-4-3-11-28(17)15-9-7-14(8-10-15)25-21-23-12-16(18(22)29)19(26-21)24-13-5-6-13/h7-10,12-13,17H,3-6,11H2,1-2H3,(H2,22,29)(H2,23,24,25,26)/t17-/m1/s1. The minimum atomic E-state index is -0.554. The van der Waals surface area contributed by atoms with Crippen molar-refractivity contribution in [2.24, 2.45) is 5.73 Å². The van der Waals surface area contributed by atoms with Crippen molar-refractivity contribution >= 4 is 35.0 Å². The SMILES string of the molecule is CN(C)C(=O)[C@H]1CCCN1c1ccc(Nc2ncc(C(N)=O)c(NC3CC3)n2)cc1. The van der Waals surface area contributed by atoms with E-state index in [0.29, 0.717) is 17.8 Å². The normalized spacial score (nSPS) is 18.2. The molecule has 1 aromatic heterocycles. The number of amides is 2. The molecule has 158 valence electrons. The molecule has 0 radical (unpaired) electrons. The third-order valence-corrected chi connectivity index (χ3v) is 5.41. The van der Waals surface area contributed by atoms with Crippen LogP contribution in [0.15, 0.2) is 30.5 Å². The molecule has 9 heteroatoms. The molecule has 1 aromatic carbocycles. The van der Waals surface area contributed by atoms with E-state index in [1.807, 2.05) is 24.3 Å². The van der Waals surface area contributed by atoms with Gasteiger partial charge in [-0.25, -0.2) is 4.98 Å². The maximum absolute atomic E-state index is 12.4. The van der Waals surface area contributed by atoms with Gasteiger partial charge in [0.2, 0.25) is 11.9 Å². The summed E-state index contributed by atoms with van der Waals surface area (Å²) in [6.07, 6.45) is 5.42. The van der Waals surface area contributed by atoms with E-state index in [2.05, 4.69) is 25.5 Å². The number of anilines is 4. The number of likely N-dealkylation sites (N-methyl/N-ethyl adjacent to an activating group) is 1. The zero-order valence-electron chi connectivity index (χ0n) is 17.3. The van der Waals surface area contributed by atoms with Crippen molar-refractivity contribution in [1.82, 2.24) is 14.9 Å². The quantitative estimate of drug-likeness (QED) is 0.640. The van der Waals surface area contributed by atoms with Gasteiger partial charge in [0.15, 0.2) is 0 Å². The summed E-state index contributed by atoms with van der Waals surface area (Å²) < 4.78 is 0. The van der Waals surface area contributed by atoms with Crippen molar-refractivity contribution in [2.75, 3.05) is 36.2 Å². The molecular weight excluding hydrogens is 382 g/mol. The number of carbonyl (C=O) groups is 2. The summed E-state index contributed by atoms with van der Waals surface area (Å²) in [5.74, 6) is 0.425. The van der Waals surface area contributed by atoms with Gasteiger partial charge in [0, 0.05) is 44.3 Å². The first-order valence-corrected chi connectivity index (χ1v) is 10.2. The minimum absolute atomic E-state index is 0.112. The largest absolute Gasteiger partial charge is 0.367 e. The van der Waals surface area contributed by atoms with Crippen LogP contribution in [0.2, 0.25) is 0 Å². The molecule has 2 aliphatic rings. The smallest absolute Gasteiger partial charge is 0.254 e. The van der Waals surface area contributed by atoms with Crippen LogP contribution in [0.1, 0.15) is 36.0 Å². The fourth-order valence-electron chi connectivity index (χ4n) is 3.65. The van der Waals surface area contributed by atoms with E-state index >= 15 is 0 Å². The lowest BCUT2D eigenvalue weighted by molar-refractivity contribution is -0.129. The van der Waals surface area contributed by atoms with Crippen LogP contribution in [-0.4, -0.2) is 59.4 Å². The molecule has 9 nitrogen and oxygen atoms in total. The predicted octanol–water partition coefficient (Wildman–Crippen LogP) is 1.95. The first-order chi connectivity index (χ1) is 14.4. The predicted molar refractivity (Wildman–Crippen MR) is 116 cm³/mol. The number of hydrogen-bond acceptors (Lipinski definition) is 7. The molecule has 1 saturated heterocycles. The van der Waals surface area contributed by atoms with E-state index in [1.165, 1.54) is 6.20 Å². The number of nitrogens with one attached hydrogen (secondary N) is 2. The molecule has 0 spiro atoms. The van der Waals surface area contributed by atoms with Crippen molar-refractivity contribution in [3.05, 3.63) is 36.0 Å². The third-order valence-electron chi connectivity index (χ3n) is 5.41. The summed E-state index contributed by atoms with van der Waals surface area (Å²) in [4.78, 5) is 36.5. The Morgan fingerprint density at radius 1 is 1.17 bits per heavy atom. The summed E-state index contributed by atoms with van der Waals surface area (Å²) in [6, 6.07) is 8.08. The number of nitrogens with zero attached hydrogens (tertiary/aromatic N) is 4. The molecule has 1 atom stereocenters. The topological polar surface area (TPSA) is 116 Å². The van der Waals surface area contributed by atoms with Crippen molar-refractivity contribution < 1.29 is 9.59 Å². The Bertz CT molecular complexity index is 941. The highest BCUT2D eigenvalue weighted by Gasteiger charge is 2.31. The van der Waals surface area contributed by atoms with Gasteiger partial charge < -0.3 is 26.2 Å². The summed E-state index contributed by atoms with van der Waals surface area (Å²) in [5.41, 5.74) is 7.55. The van der Waals surface area contributed by atoms with Crippen LogP contribution in [0, 0.1) is 0 Å².